The molecule has 7 heteroatoms. The zero-order valence-corrected chi connectivity index (χ0v) is 16.5. The minimum atomic E-state index is 0.438. The summed E-state index contributed by atoms with van der Waals surface area (Å²) < 4.78 is 5.42. The molecule has 0 amide bonds. The minimum absolute atomic E-state index is 0.438. The minimum Gasteiger partial charge on any atom is -0.378 e. The van der Waals surface area contributed by atoms with Gasteiger partial charge in [0.05, 0.1) is 13.2 Å². The summed E-state index contributed by atoms with van der Waals surface area (Å²) in [5.41, 5.74) is 5.04. The molecule has 1 fully saturated rings. The largest absolute Gasteiger partial charge is 0.378 e. The number of benzene rings is 1. The first kappa shape index (κ1) is 18.0. The number of fused-ring (bicyclic) bond motifs is 1. The maximum Gasteiger partial charge on any atom is 0.137 e. The van der Waals surface area contributed by atoms with Gasteiger partial charge < -0.3 is 19.9 Å². The SMILES string of the molecule is Clc1cc(-c2c[nH]c3ncccc23)cc(Nc2ccc(N3CCOCC3)cc2)n1. The zero-order chi connectivity index (χ0) is 19.6. The first-order valence-electron chi connectivity index (χ1n) is 9.56. The summed E-state index contributed by atoms with van der Waals surface area (Å²) in [6.07, 6.45) is 3.72. The fourth-order valence-electron chi connectivity index (χ4n) is 3.64. The number of ether oxygens (including phenoxy) is 1. The number of hydrogen-bond acceptors (Lipinski definition) is 5. The van der Waals surface area contributed by atoms with Gasteiger partial charge in [-0.1, -0.05) is 11.6 Å². The third kappa shape index (κ3) is 3.77. The number of nitrogens with zero attached hydrogens (tertiary/aromatic N) is 3. The second kappa shape index (κ2) is 7.73. The van der Waals surface area contributed by atoms with Gasteiger partial charge in [0.2, 0.25) is 0 Å². The number of aromatic amines is 1. The van der Waals surface area contributed by atoms with Crippen molar-refractivity contribution in [3.63, 3.8) is 0 Å². The quantitative estimate of drug-likeness (QED) is 0.475. The molecule has 0 bridgehead atoms. The number of pyridine rings is 2. The molecule has 1 aliphatic rings. The van der Waals surface area contributed by atoms with Crippen LogP contribution in [-0.4, -0.2) is 41.3 Å². The van der Waals surface area contributed by atoms with Gasteiger partial charge in [0, 0.05) is 47.8 Å². The molecule has 0 radical (unpaired) electrons. The van der Waals surface area contributed by atoms with Crippen molar-refractivity contribution in [3.8, 4) is 11.1 Å². The van der Waals surface area contributed by atoms with Crippen molar-refractivity contribution >= 4 is 39.8 Å². The molecule has 1 aromatic carbocycles. The first-order valence-corrected chi connectivity index (χ1v) is 9.94. The van der Waals surface area contributed by atoms with Gasteiger partial charge in [-0.3, -0.25) is 0 Å². The fourth-order valence-corrected chi connectivity index (χ4v) is 3.84. The van der Waals surface area contributed by atoms with Crippen LogP contribution in [-0.2, 0) is 4.74 Å². The van der Waals surface area contributed by atoms with Crippen LogP contribution in [0, 0.1) is 0 Å². The van der Waals surface area contributed by atoms with Crippen LogP contribution in [0.25, 0.3) is 22.2 Å². The van der Waals surface area contributed by atoms with Gasteiger partial charge >= 0.3 is 0 Å². The molecule has 0 aliphatic carbocycles. The number of nitrogens with one attached hydrogen (secondary N) is 2. The maximum absolute atomic E-state index is 6.32. The van der Waals surface area contributed by atoms with Gasteiger partial charge in [0.1, 0.15) is 16.6 Å². The van der Waals surface area contributed by atoms with Crippen LogP contribution < -0.4 is 10.2 Å². The molecule has 4 heterocycles. The van der Waals surface area contributed by atoms with Gasteiger partial charge in [-0.05, 0) is 54.1 Å². The van der Waals surface area contributed by atoms with E-state index < -0.39 is 0 Å². The Morgan fingerprint density at radius 2 is 1.90 bits per heavy atom. The molecule has 6 nitrogen and oxygen atoms in total. The van der Waals surface area contributed by atoms with Crippen LogP contribution >= 0.6 is 11.6 Å². The standard InChI is InChI=1S/C22H20ClN5O/c23-20-12-15(19-14-25-22-18(19)2-1-7-24-22)13-21(27-20)26-16-3-5-17(6-4-16)28-8-10-29-11-9-28/h1-7,12-14H,8-11H2,(H,24,25)(H,26,27). The Labute approximate surface area is 173 Å². The predicted molar refractivity (Wildman–Crippen MR) is 117 cm³/mol. The summed E-state index contributed by atoms with van der Waals surface area (Å²) in [5, 5.41) is 4.85. The molecule has 0 saturated carbocycles. The highest BCUT2D eigenvalue weighted by molar-refractivity contribution is 6.29. The number of aromatic nitrogens is 3. The third-order valence-corrected chi connectivity index (χ3v) is 5.27. The van der Waals surface area contributed by atoms with Crippen molar-refractivity contribution < 1.29 is 4.74 Å². The Bertz CT molecular complexity index is 1140. The number of rotatable bonds is 4. The summed E-state index contributed by atoms with van der Waals surface area (Å²) in [6.45, 7) is 3.40. The molecule has 0 spiro atoms. The highest BCUT2D eigenvalue weighted by Gasteiger charge is 2.12. The summed E-state index contributed by atoms with van der Waals surface area (Å²) in [6, 6.07) is 16.2. The monoisotopic (exact) mass is 405 g/mol. The Kier molecular flexibility index (Phi) is 4.79. The number of anilines is 3. The summed E-state index contributed by atoms with van der Waals surface area (Å²) in [4.78, 5) is 14.3. The van der Waals surface area contributed by atoms with Crippen LogP contribution in [0.3, 0.4) is 0 Å². The lowest BCUT2D eigenvalue weighted by molar-refractivity contribution is 0.122. The molecule has 5 rings (SSSR count). The molecule has 0 unspecified atom stereocenters. The van der Waals surface area contributed by atoms with Crippen molar-refractivity contribution in [1.82, 2.24) is 15.0 Å². The molecular formula is C22H20ClN5O. The maximum atomic E-state index is 6.32. The van der Waals surface area contributed by atoms with Crippen LogP contribution in [0.4, 0.5) is 17.2 Å². The average Bonchev–Trinajstić information content (AvgIpc) is 3.19. The molecule has 2 N–H and O–H groups in total. The number of H-pyrrole nitrogens is 1. The lowest BCUT2D eigenvalue weighted by Crippen LogP contribution is -2.36. The number of morpholine rings is 1. The fraction of sp³-hybridized carbons (Fsp3) is 0.182. The van der Waals surface area contributed by atoms with E-state index in [0.29, 0.717) is 11.0 Å². The Morgan fingerprint density at radius 1 is 1.07 bits per heavy atom. The molecule has 4 aromatic rings. The number of hydrogen-bond donors (Lipinski definition) is 2. The van der Waals surface area contributed by atoms with Gasteiger partial charge in [0.25, 0.3) is 0 Å². The second-order valence-electron chi connectivity index (χ2n) is 6.94. The van der Waals surface area contributed by atoms with E-state index in [0.717, 1.165) is 54.2 Å². The molecule has 3 aromatic heterocycles. The summed E-state index contributed by atoms with van der Waals surface area (Å²) >= 11 is 6.32. The Hall–Kier alpha value is -3.09. The van der Waals surface area contributed by atoms with Crippen molar-refractivity contribution in [1.29, 1.82) is 0 Å². The van der Waals surface area contributed by atoms with Crippen molar-refractivity contribution in [2.75, 3.05) is 36.5 Å². The van der Waals surface area contributed by atoms with Gasteiger partial charge in [0.15, 0.2) is 0 Å². The van der Waals surface area contributed by atoms with Crippen molar-refractivity contribution in [2.24, 2.45) is 0 Å². The van der Waals surface area contributed by atoms with Crippen LogP contribution in [0.5, 0.6) is 0 Å². The van der Waals surface area contributed by atoms with Crippen LogP contribution in [0.2, 0.25) is 5.15 Å². The molecular weight excluding hydrogens is 386 g/mol. The van der Waals surface area contributed by atoms with Crippen molar-refractivity contribution in [2.45, 2.75) is 0 Å². The first-order chi connectivity index (χ1) is 14.3. The van der Waals surface area contributed by atoms with Crippen LogP contribution in [0.15, 0.2) is 60.9 Å². The van der Waals surface area contributed by atoms with E-state index in [9.17, 15) is 0 Å². The molecule has 0 atom stereocenters. The normalized spacial score (nSPS) is 14.3. The van der Waals surface area contributed by atoms with E-state index in [1.807, 2.05) is 30.5 Å². The summed E-state index contributed by atoms with van der Waals surface area (Å²) in [5.74, 6) is 0.699. The lowest BCUT2D eigenvalue weighted by atomic mass is 10.1. The third-order valence-electron chi connectivity index (χ3n) is 5.07. The zero-order valence-electron chi connectivity index (χ0n) is 15.7. The predicted octanol–water partition coefficient (Wildman–Crippen LogP) is 4.86. The Morgan fingerprint density at radius 3 is 2.72 bits per heavy atom. The topological polar surface area (TPSA) is 66.1 Å². The van der Waals surface area contributed by atoms with E-state index in [-0.39, 0.29) is 0 Å². The second-order valence-corrected chi connectivity index (χ2v) is 7.32. The molecule has 1 aliphatic heterocycles. The van der Waals surface area contributed by atoms with E-state index in [2.05, 4.69) is 49.4 Å². The van der Waals surface area contributed by atoms with Gasteiger partial charge in [-0.2, -0.15) is 0 Å². The average molecular weight is 406 g/mol. The van der Waals surface area contributed by atoms with E-state index in [1.54, 1.807) is 6.20 Å². The van der Waals surface area contributed by atoms with Crippen molar-refractivity contribution in [3.05, 3.63) is 66.1 Å². The molecule has 146 valence electrons. The molecule has 1 saturated heterocycles. The van der Waals surface area contributed by atoms with E-state index >= 15 is 0 Å². The van der Waals surface area contributed by atoms with E-state index in [4.69, 9.17) is 16.3 Å². The highest BCUT2D eigenvalue weighted by atomic mass is 35.5. The molecule has 29 heavy (non-hydrogen) atoms. The lowest BCUT2D eigenvalue weighted by Gasteiger charge is -2.28. The smallest absolute Gasteiger partial charge is 0.137 e. The Balaban J connectivity index is 1.40. The van der Waals surface area contributed by atoms with E-state index in [1.165, 1.54) is 5.69 Å². The number of halogens is 1. The highest BCUT2D eigenvalue weighted by Crippen LogP contribution is 2.31. The van der Waals surface area contributed by atoms with Gasteiger partial charge in [-0.15, -0.1) is 0 Å². The van der Waals surface area contributed by atoms with Crippen LogP contribution in [0.1, 0.15) is 0 Å². The van der Waals surface area contributed by atoms with Gasteiger partial charge in [-0.25, -0.2) is 9.97 Å². The summed E-state index contributed by atoms with van der Waals surface area (Å²) in [7, 11) is 0.